The molecule has 0 aliphatic heterocycles. The van der Waals surface area contributed by atoms with E-state index < -0.39 is 0 Å². The van der Waals surface area contributed by atoms with E-state index in [2.05, 4.69) is 10.4 Å². The molecule has 7 heteroatoms. The zero-order valence-corrected chi connectivity index (χ0v) is 17.1. The average molecular weight is 407 g/mol. The molecule has 7 nitrogen and oxygen atoms in total. The third-order valence-electron chi connectivity index (χ3n) is 4.61. The van der Waals surface area contributed by atoms with Gasteiger partial charge < -0.3 is 14.8 Å². The minimum absolute atomic E-state index is 0.0781. The second kappa shape index (κ2) is 10.2. The van der Waals surface area contributed by atoms with E-state index in [9.17, 15) is 9.59 Å². The van der Waals surface area contributed by atoms with E-state index in [0.29, 0.717) is 11.4 Å². The smallest absolute Gasteiger partial charge is 0.266 e. The Morgan fingerprint density at radius 1 is 1.07 bits per heavy atom. The fourth-order valence-corrected chi connectivity index (χ4v) is 2.96. The van der Waals surface area contributed by atoms with Crippen LogP contribution in [0, 0.1) is 0 Å². The summed E-state index contributed by atoms with van der Waals surface area (Å²) >= 11 is 0. The topological polar surface area (TPSA) is 82.4 Å². The fraction of sp³-hybridized carbons (Fsp3) is 0.261. The molecule has 3 aromatic rings. The summed E-state index contributed by atoms with van der Waals surface area (Å²) in [5, 5.41) is 7.15. The second-order valence-corrected chi connectivity index (χ2v) is 6.61. The number of ether oxygens (including phenoxy) is 2. The van der Waals surface area contributed by atoms with Crippen LogP contribution in [-0.2, 0) is 17.8 Å². The minimum atomic E-state index is -0.250. The highest BCUT2D eigenvalue weighted by atomic mass is 16.5. The predicted molar refractivity (Wildman–Crippen MR) is 115 cm³/mol. The maximum atomic E-state index is 12.1. The lowest BCUT2D eigenvalue weighted by molar-refractivity contribution is -0.123. The molecule has 0 radical (unpaired) electrons. The molecule has 0 aliphatic rings. The van der Waals surface area contributed by atoms with Crippen LogP contribution < -0.4 is 20.3 Å². The predicted octanol–water partition coefficient (Wildman–Crippen LogP) is 2.68. The van der Waals surface area contributed by atoms with Gasteiger partial charge in [0.25, 0.3) is 11.5 Å². The molecule has 2 aromatic carbocycles. The Morgan fingerprint density at radius 3 is 2.57 bits per heavy atom. The molecule has 1 heterocycles. The van der Waals surface area contributed by atoms with Crippen molar-refractivity contribution in [3.05, 3.63) is 76.6 Å². The molecular weight excluding hydrogens is 382 g/mol. The first kappa shape index (κ1) is 21.1. The van der Waals surface area contributed by atoms with Crippen LogP contribution in [0.2, 0.25) is 0 Å². The van der Waals surface area contributed by atoms with Gasteiger partial charge in [-0.25, -0.2) is 4.68 Å². The van der Waals surface area contributed by atoms with Crippen LogP contribution in [0.5, 0.6) is 11.5 Å². The largest absolute Gasteiger partial charge is 0.497 e. The monoisotopic (exact) mass is 407 g/mol. The number of rotatable bonds is 9. The zero-order valence-electron chi connectivity index (χ0n) is 17.1. The lowest BCUT2D eigenvalue weighted by atomic mass is 10.1. The van der Waals surface area contributed by atoms with E-state index >= 15 is 0 Å². The maximum absolute atomic E-state index is 12.1. The summed E-state index contributed by atoms with van der Waals surface area (Å²) in [4.78, 5) is 24.2. The van der Waals surface area contributed by atoms with Crippen LogP contribution in [0.3, 0.4) is 0 Å². The highest BCUT2D eigenvalue weighted by molar-refractivity contribution is 5.77. The van der Waals surface area contributed by atoms with Crippen molar-refractivity contribution in [2.45, 2.75) is 19.9 Å². The van der Waals surface area contributed by atoms with E-state index in [1.165, 1.54) is 10.7 Å². The zero-order chi connectivity index (χ0) is 21.3. The normalized spacial score (nSPS) is 10.5. The van der Waals surface area contributed by atoms with Crippen molar-refractivity contribution in [1.82, 2.24) is 15.1 Å². The van der Waals surface area contributed by atoms with Gasteiger partial charge in [0.05, 0.1) is 19.3 Å². The van der Waals surface area contributed by atoms with Crippen LogP contribution in [0.25, 0.3) is 11.3 Å². The summed E-state index contributed by atoms with van der Waals surface area (Å²) < 4.78 is 12.1. The van der Waals surface area contributed by atoms with Gasteiger partial charge in [-0.15, -0.1) is 0 Å². The molecule has 0 bridgehead atoms. The van der Waals surface area contributed by atoms with Gasteiger partial charge in [0.15, 0.2) is 6.61 Å². The van der Waals surface area contributed by atoms with Crippen molar-refractivity contribution in [3.8, 4) is 22.8 Å². The third-order valence-corrected chi connectivity index (χ3v) is 4.61. The van der Waals surface area contributed by atoms with Gasteiger partial charge in [0.1, 0.15) is 11.5 Å². The Balaban J connectivity index is 1.55. The van der Waals surface area contributed by atoms with E-state index in [0.717, 1.165) is 23.3 Å². The van der Waals surface area contributed by atoms with Gasteiger partial charge in [-0.1, -0.05) is 25.1 Å². The molecule has 0 saturated carbocycles. The summed E-state index contributed by atoms with van der Waals surface area (Å²) in [5.74, 6) is 1.21. The molecule has 0 atom stereocenters. The lowest BCUT2D eigenvalue weighted by Crippen LogP contribution is -2.34. The van der Waals surface area contributed by atoms with Crippen LogP contribution in [0.4, 0.5) is 0 Å². The molecule has 1 N–H and O–H groups in total. The Labute approximate surface area is 175 Å². The first-order valence-electron chi connectivity index (χ1n) is 9.80. The SMILES string of the molecule is CCc1ccccc1OCC(=O)NCCn1nc(-c2ccc(OC)cc2)ccc1=O. The van der Waals surface area contributed by atoms with Crippen molar-refractivity contribution < 1.29 is 14.3 Å². The van der Waals surface area contributed by atoms with Gasteiger partial charge in [-0.05, 0) is 48.4 Å². The van der Waals surface area contributed by atoms with Crippen molar-refractivity contribution in [2.24, 2.45) is 0 Å². The Kier molecular flexibility index (Phi) is 7.21. The summed E-state index contributed by atoms with van der Waals surface area (Å²) in [6.07, 6.45) is 0.830. The number of nitrogens with one attached hydrogen (secondary N) is 1. The number of para-hydroxylation sites is 1. The van der Waals surface area contributed by atoms with Gasteiger partial charge in [-0.2, -0.15) is 5.10 Å². The van der Waals surface area contributed by atoms with Crippen LogP contribution in [0.1, 0.15) is 12.5 Å². The molecular formula is C23H25N3O4. The average Bonchev–Trinajstić information content (AvgIpc) is 2.79. The number of methoxy groups -OCH3 is 1. The molecule has 156 valence electrons. The fourth-order valence-electron chi connectivity index (χ4n) is 2.96. The summed E-state index contributed by atoms with van der Waals surface area (Å²) in [6, 6.07) is 18.2. The molecule has 0 spiro atoms. The first-order valence-corrected chi connectivity index (χ1v) is 9.80. The summed E-state index contributed by atoms with van der Waals surface area (Å²) in [7, 11) is 1.61. The maximum Gasteiger partial charge on any atom is 0.266 e. The molecule has 0 unspecified atom stereocenters. The van der Waals surface area contributed by atoms with Crippen molar-refractivity contribution in [1.29, 1.82) is 0 Å². The quantitative estimate of drug-likeness (QED) is 0.590. The van der Waals surface area contributed by atoms with Gasteiger partial charge in [0.2, 0.25) is 0 Å². The molecule has 3 rings (SSSR count). The molecule has 0 saturated heterocycles. The lowest BCUT2D eigenvalue weighted by Gasteiger charge is -2.11. The van der Waals surface area contributed by atoms with Crippen molar-refractivity contribution in [2.75, 3.05) is 20.3 Å². The summed E-state index contributed by atoms with van der Waals surface area (Å²) in [6.45, 7) is 2.50. The number of nitrogens with zero attached hydrogens (tertiary/aromatic N) is 2. The molecule has 0 fully saturated rings. The van der Waals surface area contributed by atoms with Gasteiger partial charge >= 0.3 is 0 Å². The van der Waals surface area contributed by atoms with E-state index in [1.54, 1.807) is 13.2 Å². The Bertz CT molecular complexity index is 1040. The number of aromatic nitrogens is 2. The standard InChI is InChI=1S/C23H25N3O4/c1-3-17-6-4-5-7-21(17)30-16-22(27)24-14-15-26-23(28)13-12-20(25-26)18-8-10-19(29-2)11-9-18/h4-13H,3,14-16H2,1-2H3,(H,24,27). The summed E-state index contributed by atoms with van der Waals surface area (Å²) in [5.41, 5.74) is 2.37. The highest BCUT2D eigenvalue weighted by Gasteiger charge is 2.07. The number of carbonyl (C=O) groups is 1. The van der Waals surface area contributed by atoms with Crippen LogP contribution >= 0.6 is 0 Å². The van der Waals surface area contributed by atoms with E-state index in [1.807, 2.05) is 55.5 Å². The molecule has 0 aliphatic carbocycles. The number of benzene rings is 2. The first-order chi connectivity index (χ1) is 14.6. The number of hydrogen-bond donors (Lipinski definition) is 1. The number of amides is 1. The second-order valence-electron chi connectivity index (χ2n) is 6.61. The molecule has 1 amide bonds. The number of carbonyl (C=O) groups excluding carboxylic acids is 1. The highest BCUT2D eigenvalue weighted by Crippen LogP contribution is 2.19. The van der Waals surface area contributed by atoms with Crippen LogP contribution in [-0.4, -0.2) is 35.9 Å². The van der Waals surface area contributed by atoms with Crippen LogP contribution in [0.15, 0.2) is 65.5 Å². The Morgan fingerprint density at radius 2 is 1.83 bits per heavy atom. The van der Waals surface area contributed by atoms with Crippen molar-refractivity contribution in [3.63, 3.8) is 0 Å². The van der Waals surface area contributed by atoms with Gasteiger partial charge in [0, 0.05) is 18.2 Å². The van der Waals surface area contributed by atoms with E-state index in [4.69, 9.17) is 9.47 Å². The number of hydrogen-bond acceptors (Lipinski definition) is 5. The number of aryl methyl sites for hydroxylation is 1. The van der Waals surface area contributed by atoms with Gasteiger partial charge in [-0.3, -0.25) is 9.59 Å². The third kappa shape index (κ3) is 5.47. The van der Waals surface area contributed by atoms with Crippen molar-refractivity contribution >= 4 is 5.91 Å². The molecule has 30 heavy (non-hydrogen) atoms. The van der Waals surface area contributed by atoms with E-state index in [-0.39, 0.29) is 31.2 Å². The minimum Gasteiger partial charge on any atom is -0.497 e. The molecule has 1 aromatic heterocycles. The Hall–Kier alpha value is -3.61.